The molecule has 0 aliphatic heterocycles. The van der Waals surface area contributed by atoms with Crippen molar-refractivity contribution in [3.05, 3.63) is 35.6 Å². The first-order valence-corrected chi connectivity index (χ1v) is 6.30. The number of nitrogens with zero attached hydrogens (tertiary/aromatic N) is 1. The van der Waals surface area contributed by atoms with Crippen molar-refractivity contribution < 1.29 is 4.39 Å². The van der Waals surface area contributed by atoms with E-state index in [1.165, 1.54) is 12.1 Å². The van der Waals surface area contributed by atoms with Gasteiger partial charge in [0.25, 0.3) is 0 Å². The molecule has 0 aliphatic rings. The molecular formula is C15H21FN2. The first kappa shape index (κ1) is 14.7. The average molecular weight is 248 g/mol. The van der Waals surface area contributed by atoms with Crippen molar-refractivity contribution in [1.82, 2.24) is 5.32 Å². The highest BCUT2D eigenvalue weighted by atomic mass is 19.1. The quantitative estimate of drug-likeness (QED) is 0.831. The normalized spacial score (nSPS) is 13.1. The smallest absolute Gasteiger partial charge is 0.123 e. The lowest BCUT2D eigenvalue weighted by Gasteiger charge is -2.26. The van der Waals surface area contributed by atoms with Crippen LogP contribution >= 0.6 is 0 Å². The van der Waals surface area contributed by atoms with Crippen LogP contribution in [-0.4, -0.2) is 6.54 Å². The topological polar surface area (TPSA) is 35.8 Å². The molecule has 0 saturated heterocycles. The molecule has 0 aromatic heterocycles. The number of hydrogen-bond donors (Lipinski definition) is 1. The van der Waals surface area contributed by atoms with Crippen molar-refractivity contribution in [2.75, 3.05) is 6.54 Å². The molecule has 0 saturated carbocycles. The molecule has 2 nitrogen and oxygen atoms in total. The summed E-state index contributed by atoms with van der Waals surface area (Å²) in [5.41, 5.74) is 1.18. The molecule has 0 spiro atoms. The van der Waals surface area contributed by atoms with Gasteiger partial charge in [-0.25, -0.2) is 4.39 Å². The van der Waals surface area contributed by atoms with Crippen molar-refractivity contribution in [3.8, 4) is 6.07 Å². The predicted octanol–water partition coefficient (Wildman–Crippen LogP) is 3.81. The van der Waals surface area contributed by atoms with Crippen LogP contribution in [0.25, 0.3) is 0 Å². The summed E-state index contributed by atoms with van der Waals surface area (Å²) in [6, 6.07) is 8.93. The van der Waals surface area contributed by atoms with Gasteiger partial charge in [-0.1, -0.05) is 26.0 Å². The van der Waals surface area contributed by atoms with Gasteiger partial charge < -0.3 is 5.32 Å². The molecular weight excluding hydrogens is 227 g/mol. The number of rotatable bonds is 6. The van der Waals surface area contributed by atoms with Crippen LogP contribution in [0, 0.1) is 22.6 Å². The van der Waals surface area contributed by atoms with Crippen LogP contribution in [0.3, 0.4) is 0 Å². The predicted molar refractivity (Wildman–Crippen MR) is 71.4 cm³/mol. The van der Waals surface area contributed by atoms with E-state index >= 15 is 0 Å². The Morgan fingerprint density at radius 1 is 1.33 bits per heavy atom. The van der Waals surface area contributed by atoms with Crippen molar-refractivity contribution in [2.24, 2.45) is 5.41 Å². The highest BCUT2D eigenvalue weighted by Gasteiger charge is 2.18. The van der Waals surface area contributed by atoms with Crippen molar-refractivity contribution in [2.45, 2.75) is 39.7 Å². The van der Waals surface area contributed by atoms with E-state index in [1.807, 2.05) is 0 Å². The largest absolute Gasteiger partial charge is 0.310 e. The number of benzene rings is 1. The number of halogens is 1. The Balaban J connectivity index is 2.48. The Morgan fingerprint density at radius 2 is 1.94 bits per heavy atom. The third kappa shape index (κ3) is 4.85. The summed E-state index contributed by atoms with van der Waals surface area (Å²) in [6.45, 7) is 7.20. The number of nitrogens with one attached hydrogen (secondary N) is 1. The molecule has 18 heavy (non-hydrogen) atoms. The minimum atomic E-state index is -0.208. The second-order valence-corrected chi connectivity index (χ2v) is 5.48. The molecule has 1 unspecified atom stereocenters. The Morgan fingerprint density at radius 3 is 2.50 bits per heavy atom. The first-order chi connectivity index (χ1) is 8.44. The van der Waals surface area contributed by atoms with Gasteiger partial charge in [0, 0.05) is 19.0 Å². The fraction of sp³-hybridized carbons (Fsp3) is 0.533. The summed E-state index contributed by atoms with van der Waals surface area (Å²) in [5.74, 6) is -0.208. The van der Waals surface area contributed by atoms with E-state index in [9.17, 15) is 4.39 Å². The monoisotopic (exact) mass is 248 g/mol. The van der Waals surface area contributed by atoms with Crippen molar-refractivity contribution in [3.63, 3.8) is 0 Å². The van der Waals surface area contributed by atoms with Gasteiger partial charge in [0.1, 0.15) is 5.82 Å². The van der Waals surface area contributed by atoms with Crippen LogP contribution in [-0.2, 0) is 0 Å². The molecule has 0 fully saturated rings. The zero-order valence-corrected chi connectivity index (χ0v) is 11.3. The summed E-state index contributed by atoms with van der Waals surface area (Å²) >= 11 is 0. The molecule has 1 N–H and O–H groups in total. The molecule has 0 radical (unpaired) electrons. The summed E-state index contributed by atoms with van der Waals surface area (Å²) < 4.78 is 12.8. The Labute approximate surface area is 109 Å². The summed E-state index contributed by atoms with van der Waals surface area (Å²) in [6.07, 6.45) is 1.46. The van der Waals surface area contributed by atoms with E-state index in [0.717, 1.165) is 18.5 Å². The van der Waals surface area contributed by atoms with Gasteiger partial charge in [-0.2, -0.15) is 5.26 Å². The van der Waals surface area contributed by atoms with E-state index in [-0.39, 0.29) is 17.3 Å². The molecule has 0 bridgehead atoms. The van der Waals surface area contributed by atoms with Gasteiger partial charge in [-0.3, -0.25) is 0 Å². The fourth-order valence-electron chi connectivity index (χ4n) is 1.78. The zero-order chi connectivity index (χ0) is 13.6. The van der Waals surface area contributed by atoms with E-state index in [1.54, 1.807) is 12.1 Å². The van der Waals surface area contributed by atoms with Crippen LogP contribution in [0.4, 0.5) is 4.39 Å². The van der Waals surface area contributed by atoms with Crippen LogP contribution in [0.15, 0.2) is 24.3 Å². The Kier molecular flexibility index (Phi) is 5.30. The van der Waals surface area contributed by atoms with Gasteiger partial charge in [0.2, 0.25) is 0 Å². The molecule has 98 valence electrons. The molecule has 0 aliphatic carbocycles. The molecule has 1 aromatic rings. The number of hydrogen-bond acceptors (Lipinski definition) is 2. The highest BCUT2D eigenvalue weighted by molar-refractivity contribution is 5.19. The van der Waals surface area contributed by atoms with E-state index < -0.39 is 0 Å². The van der Waals surface area contributed by atoms with E-state index in [2.05, 4.69) is 32.2 Å². The van der Waals surface area contributed by atoms with Gasteiger partial charge in [-0.05, 0) is 36.5 Å². The molecule has 1 aromatic carbocycles. The van der Waals surface area contributed by atoms with Gasteiger partial charge in [-0.15, -0.1) is 0 Å². The van der Waals surface area contributed by atoms with Crippen molar-refractivity contribution in [1.29, 1.82) is 5.26 Å². The van der Waals surface area contributed by atoms with Gasteiger partial charge in [0.05, 0.1) is 6.07 Å². The minimum Gasteiger partial charge on any atom is -0.310 e. The fourth-order valence-corrected chi connectivity index (χ4v) is 1.78. The third-order valence-corrected chi connectivity index (χ3v) is 3.17. The SMILES string of the molecule is CC(NCC(C)(C)CCC#N)c1ccc(F)cc1. The maximum atomic E-state index is 12.8. The lowest BCUT2D eigenvalue weighted by Crippen LogP contribution is -2.31. The third-order valence-electron chi connectivity index (χ3n) is 3.17. The average Bonchev–Trinajstić information content (AvgIpc) is 2.35. The summed E-state index contributed by atoms with van der Waals surface area (Å²) in [7, 11) is 0. The first-order valence-electron chi connectivity index (χ1n) is 6.30. The number of nitriles is 1. The van der Waals surface area contributed by atoms with Gasteiger partial charge >= 0.3 is 0 Å². The highest BCUT2D eigenvalue weighted by Crippen LogP contribution is 2.22. The minimum absolute atomic E-state index is 0.101. The lowest BCUT2D eigenvalue weighted by molar-refractivity contribution is 0.304. The van der Waals surface area contributed by atoms with Crippen molar-refractivity contribution >= 4 is 0 Å². The van der Waals surface area contributed by atoms with Crippen LogP contribution < -0.4 is 5.32 Å². The second kappa shape index (κ2) is 6.51. The van der Waals surface area contributed by atoms with Gasteiger partial charge in [0.15, 0.2) is 0 Å². The van der Waals surface area contributed by atoms with Crippen LogP contribution in [0.2, 0.25) is 0 Å². The lowest BCUT2D eigenvalue weighted by atomic mass is 9.87. The molecule has 3 heteroatoms. The van der Waals surface area contributed by atoms with Crippen LogP contribution in [0.5, 0.6) is 0 Å². The zero-order valence-electron chi connectivity index (χ0n) is 11.3. The Bertz CT molecular complexity index is 403. The van der Waals surface area contributed by atoms with E-state index in [4.69, 9.17) is 5.26 Å². The summed E-state index contributed by atoms with van der Waals surface area (Å²) in [4.78, 5) is 0. The molecule has 0 amide bonds. The van der Waals surface area contributed by atoms with Crippen LogP contribution in [0.1, 0.15) is 45.2 Å². The second-order valence-electron chi connectivity index (χ2n) is 5.48. The molecule has 0 heterocycles. The molecule has 1 rings (SSSR count). The maximum absolute atomic E-state index is 12.8. The standard InChI is InChI=1S/C15H21FN2/c1-12(13-5-7-14(16)8-6-13)18-11-15(2,3)9-4-10-17/h5-8,12,18H,4,9,11H2,1-3H3. The summed E-state index contributed by atoms with van der Waals surface area (Å²) in [5, 5.41) is 12.0. The maximum Gasteiger partial charge on any atom is 0.123 e. The van der Waals surface area contributed by atoms with E-state index in [0.29, 0.717) is 6.42 Å². The molecule has 1 atom stereocenters. The Hall–Kier alpha value is -1.40.